The third kappa shape index (κ3) is 5.40. The normalized spacial score (nSPS) is 17.2. The second-order valence-corrected chi connectivity index (χ2v) is 8.45. The van der Waals surface area contributed by atoms with Crippen molar-refractivity contribution in [3.8, 4) is 0 Å². The largest absolute Gasteiger partial charge is 0.357 e. The fourth-order valence-corrected chi connectivity index (χ4v) is 4.03. The van der Waals surface area contributed by atoms with Crippen molar-refractivity contribution in [3.63, 3.8) is 0 Å². The van der Waals surface area contributed by atoms with Crippen molar-refractivity contribution in [3.05, 3.63) is 47.8 Å². The number of pyridine rings is 2. The number of urea groups is 1. The molecule has 0 radical (unpaired) electrons. The van der Waals surface area contributed by atoms with Crippen LogP contribution in [-0.4, -0.2) is 42.2 Å². The molecule has 7 nitrogen and oxygen atoms in total. The number of carbonyl (C=O) groups is 1. The number of piperidine rings is 1. The van der Waals surface area contributed by atoms with Crippen molar-refractivity contribution in [2.24, 2.45) is 5.92 Å². The molecule has 160 valence electrons. The summed E-state index contributed by atoms with van der Waals surface area (Å²) in [6.45, 7) is 7.54. The van der Waals surface area contributed by atoms with Gasteiger partial charge in [-0.05, 0) is 54.9 Å². The average Bonchev–Trinajstić information content (AvgIpc) is 3.33. The molecule has 30 heavy (non-hydrogen) atoms. The zero-order chi connectivity index (χ0) is 20.8. The molecule has 0 spiro atoms. The molecule has 2 aromatic rings. The number of hydrogen-bond acceptors (Lipinski definition) is 5. The molecule has 4 heterocycles. The van der Waals surface area contributed by atoms with Crippen molar-refractivity contribution in [2.75, 3.05) is 36.0 Å². The highest BCUT2D eigenvalue weighted by atomic mass is 16.2. The lowest BCUT2D eigenvalue weighted by molar-refractivity contribution is 0.240. The summed E-state index contributed by atoms with van der Waals surface area (Å²) in [7, 11) is 0. The third-order valence-electron chi connectivity index (χ3n) is 6.06. The zero-order valence-corrected chi connectivity index (χ0v) is 17.8. The van der Waals surface area contributed by atoms with E-state index in [0.717, 1.165) is 54.9 Å². The summed E-state index contributed by atoms with van der Waals surface area (Å²) >= 11 is 0. The highest BCUT2D eigenvalue weighted by molar-refractivity contribution is 5.73. The maximum absolute atomic E-state index is 12.1. The first-order valence-corrected chi connectivity index (χ1v) is 11.1. The molecule has 4 rings (SSSR count). The molecular formula is C23H32N6O. The van der Waals surface area contributed by atoms with Crippen LogP contribution in [0.5, 0.6) is 0 Å². The highest BCUT2D eigenvalue weighted by Crippen LogP contribution is 2.21. The topological polar surface area (TPSA) is 73.4 Å². The van der Waals surface area contributed by atoms with E-state index in [2.05, 4.69) is 43.4 Å². The van der Waals surface area contributed by atoms with E-state index < -0.39 is 0 Å². The number of amides is 2. The molecule has 0 aromatic carbocycles. The monoisotopic (exact) mass is 408 g/mol. The lowest BCUT2D eigenvalue weighted by atomic mass is 9.99. The summed E-state index contributed by atoms with van der Waals surface area (Å²) in [4.78, 5) is 25.9. The average molecular weight is 409 g/mol. The minimum absolute atomic E-state index is 0.187. The molecule has 2 fully saturated rings. The molecule has 0 atom stereocenters. The Labute approximate surface area is 178 Å². The van der Waals surface area contributed by atoms with E-state index in [1.165, 1.54) is 25.7 Å². The van der Waals surface area contributed by atoms with Crippen LogP contribution in [0.15, 0.2) is 36.7 Å². The van der Waals surface area contributed by atoms with Crippen LogP contribution in [0.2, 0.25) is 0 Å². The van der Waals surface area contributed by atoms with Crippen LogP contribution in [0.1, 0.15) is 43.7 Å². The van der Waals surface area contributed by atoms with Crippen molar-refractivity contribution in [1.29, 1.82) is 0 Å². The molecule has 2 N–H and O–H groups in total. The Balaban J connectivity index is 1.19. The Bertz CT molecular complexity index is 809. The summed E-state index contributed by atoms with van der Waals surface area (Å²) in [5, 5.41) is 5.79. The number of anilines is 2. The Morgan fingerprint density at radius 2 is 1.37 bits per heavy atom. The van der Waals surface area contributed by atoms with Crippen molar-refractivity contribution < 1.29 is 4.79 Å². The molecule has 0 saturated carbocycles. The van der Waals surface area contributed by atoms with Crippen molar-refractivity contribution in [2.45, 2.75) is 45.7 Å². The molecule has 2 aliphatic heterocycles. The fraction of sp³-hybridized carbons (Fsp3) is 0.522. The smallest absolute Gasteiger partial charge is 0.315 e. The molecule has 2 aromatic heterocycles. The standard InChI is InChI=1S/C23H32N6O/c1-18-8-12-29(13-9-18)22-7-5-20(15-25-22)17-27-23(30)26-16-19-4-6-21(24-14-19)28-10-2-3-11-28/h4-7,14-15,18H,2-3,8-13,16-17H2,1H3,(H2,26,27,30). The van der Waals surface area contributed by atoms with E-state index in [9.17, 15) is 4.79 Å². The number of rotatable bonds is 6. The van der Waals surface area contributed by atoms with Gasteiger partial charge in [0.1, 0.15) is 11.6 Å². The summed E-state index contributed by atoms with van der Waals surface area (Å²) in [6, 6.07) is 7.98. The Hall–Kier alpha value is -2.83. The van der Waals surface area contributed by atoms with Gasteiger partial charge in [0.05, 0.1) is 0 Å². The van der Waals surface area contributed by atoms with Gasteiger partial charge in [-0.15, -0.1) is 0 Å². The summed E-state index contributed by atoms with van der Waals surface area (Å²) in [6.07, 6.45) is 8.62. The summed E-state index contributed by atoms with van der Waals surface area (Å²) in [5.41, 5.74) is 1.99. The van der Waals surface area contributed by atoms with Gasteiger partial charge in [0.15, 0.2) is 0 Å². The maximum atomic E-state index is 12.1. The van der Waals surface area contributed by atoms with Gasteiger partial charge in [0, 0.05) is 51.7 Å². The second-order valence-electron chi connectivity index (χ2n) is 8.45. The minimum Gasteiger partial charge on any atom is -0.357 e. The van der Waals surface area contributed by atoms with Gasteiger partial charge < -0.3 is 20.4 Å². The zero-order valence-electron chi connectivity index (χ0n) is 17.8. The van der Waals surface area contributed by atoms with Gasteiger partial charge in [0.2, 0.25) is 0 Å². The number of hydrogen-bond donors (Lipinski definition) is 2. The van der Waals surface area contributed by atoms with Gasteiger partial charge in [0.25, 0.3) is 0 Å². The molecule has 2 saturated heterocycles. The first kappa shape index (κ1) is 20.4. The van der Waals surface area contributed by atoms with Crippen LogP contribution in [0, 0.1) is 5.92 Å². The predicted molar refractivity (Wildman–Crippen MR) is 120 cm³/mol. The Morgan fingerprint density at radius 1 is 0.867 bits per heavy atom. The molecule has 2 amide bonds. The van der Waals surface area contributed by atoms with Gasteiger partial charge in [-0.25, -0.2) is 14.8 Å². The maximum Gasteiger partial charge on any atom is 0.315 e. The number of nitrogens with zero attached hydrogens (tertiary/aromatic N) is 4. The van der Waals surface area contributed by atoms with E-state index in [4.69, 9.17) is 0 Å². The first-order valence-electron chi connectivity index (χ1n) is 11.1. The summed E-state index contributed by atoms with van der Waals surface area (Å²) in [5.74, 6) is 2.86. The van der Waals surface area contributed by atoms with Crippen LogP contribution in [0.4, 0.5) is 16.4 Å². The lowest BCUT2D eigenvalue weighted by Crippen LogP contribution is -2.35. The Kier molecular flexibility index (Phi) is 6.67. The van der Waals surface area contributed by atoms with Crippen LogP contribution >= 0.6 is 0 Å². The number of carbonyl (C=O) groups excluding carboxylic acids is 1. The van der Waals surface area contributed by atoms with E-state index in [1.54, 1.807) is 0 Å². The molecule has 0 aliphatic carbocycles. The first-order chi connectivity index (χ1) is 14.7. The molecule has 0 bridgehead atoms. The lowest BCUT2D eigenvalue weighted by Gasteiger charge is -2.31. The SMILES string of the molecule is CC1CCN(c2ccc(CNC(=O)NCc3ccc(N4CCCC4)nc3)cn2)CC1. The van der Waals surface area contributed by atoms with Gasteiger partial charge >= 0.3 is 6.03 Å². The summed E-state index contributed by atoms with van der Waals surface area (Å²) < 4.78 is 0. The van der Waals surface area contributed by atoms with Gasteiger partial charge in [-0.2, -0.15) is 0 Å². The third-order valence-corrected chi connectivity index (χ3v) is 6.06. The molecule has 0 unspecified atom stereocenters. The minimum atomic E-state index is -0.187. The predicted octanol–water partition coefficient (Wildman–Crippen LogP) is 3.31. The fourth-order valence-electron chi connectivity index (χ4n) is 4.03. The highest BCUT2D eigenvalue weighted by Gasteiger charge is 2.17. The van der Waals surface area contributed by atoms with Crippen LogP contribution < -0.4 is 20.4 Å². The number of nitrogens with one attached hydrogen (secondary N) is 2. The van der Waals surface area contributed by atoms with E-state index in [-0.39, 0.29) is 6.03 Å². The Morgan fingerprint density at radius 3 is 1.83 bits per heavy atom. The quantitative estimate of drug-likeness (QED) is 0.767. The van der Waals surface area contributed by atoms with Crippen LogP contribution in [-0.2, 0) is 13.1 Å². The van der Waals surface area contributed by atoms with Crippen molar-refractivity contribution >= 4 is 17.7 Å². The van der Waals surface area contributed by atoms with E-state index in [0.29, 0.717) is 13.1 Å². The van der Waals surface area contributed by atoms with Crippen LogP contribution in [0.25, 0.3) is 0 Å². The van der Waals surface area contributed by atoms with Gasteiger partial charge in [-0.1, -0.05) is 19.1 Å². The molecule has 2 aliphatic rings. The van der Waals surface area contributed by atoms with Gasteiger partial charge in [-0.3, -0.25) is 0 Å². The second kappa shape index (κ2) is 9.78. The molecule has 7 heteroatoms. The van der Waals surface area contributed by atoms with Crippen molar-refractivity contribution in [1.82, 2.24) is 20.6 Å². The molecular weight excluding hydrogens is 376 g/mol. The van der Waals surface area contributed by atoms with E-state index in [1.807, 2.05) is 30.6 Å². The van der Waals surface area contributed by atoms with Crippen LogP contribution in [0.3, 0.4) is 0 Å². The number of aromatic nitrogens is 2. The van der Waals surface area contributed by atoms with E-state index >= 15 is 0 Å².